The van der Waals surface area contributed by atoms with E-state index in [0.717, 1.165) is 0 Å². The standard InChI is InChI=1S/C12H9Br2ClN2O3S/c1-20-12-9(14)5-8(15)6-10(12)21(18,19)17-11-4-7(13)2-3-16-11/h2-6H,1H3,(H,16,17). The molecule has 1 heterocycles. The van der Waals surface area contributed by atoms with Crippen molar-refractivity contribution in [3.05, 3.63) is 44.4 Å². The van der Waals surface area contributed by atoms with Crippen LogP contribution >= 0.6 is 43.5 Å². The summed E-state index contributed by atoms with van der Waals surface area (Å²) in [4.78, 5) is 3.87. The van der Waals surface area contributed by atoms with Gasteiger partial charge in [-0.1, -0.05) is 27.5 Å². The molecule has 5 nitrogen and oxygen atoms in total. The van der Waals surface area contributed by atoms with E-state index in [2.05, 4.69) is 41.6 Å². The van der Waals surface area contributed by atoms with Crippen LogP contribution in [0, 0.1) is 0 Å². The minimum absolute atomic E-state index is 0.0776. The lowest BCUT2D eigenvalue weighted by Gasteiger charge is -2.13. The Morgan fingerprint density at radius 2 is 2.00 bits per heavy atom. The molecule has 1 N–H and O–H groups in total. The first-order valence-corrected chi connectivity index (χ1v) is 8.95. The number of ether oxygens (including phenoxy) is 1. The molecule has 112 valence electrons. The fraction of sp³-hybridized carbons (Fsp3) is 0.0833. The molecule has 2 rings (SSSR count). The average molecular weight is 457 g/mol. The van der Waals surface area contributed by atoms with E-state index in [1.165, 1.54) is 19.4 Å². The molecule has 1 aromatic heterocycles. The van der Waals surface area contributed by atoms with Crippen LogP contribution in [0.3, 0.4) is 0 Å². The molecule has 0 saturated carbocycles. The van der Waals surface area contributed by atoms with Crippen molar-refractivity contribution in [2.45, 2.75) is 4.90 Å². The Labute approximate surface area is 144 Å². The zero-order valence-corrected chi connectivity index (χ0v) is 15.3. The number of pyridine rings is 1. The number of anilines is 1. The second kappa shape index (κ2) is 6.51. The van der Waals surface area contributed by atoms with Crippen LogP contribution in [-0.2, 0) is 10.0 Å². The van der Waals surface area contributed by atoms with E-state index in [1.54, 1.807) is 18.2 Å². The highest BCUT2D eigenvalue weighted by atomic mass is 79.9. The van der Waals surface area contributed by atoms with Crippen molar-refractivity contribution in [1.82, 2.24) is 4.98 Å². The number of nitrogens with one attached hydrogen (secondary N) is 1. The van der Waals surface area contributed by atoms with Crippen LogP contribution in [0.5, 0.6) is 5.75 Å². The summed E-state index contributed by atoms with van der Waals surface area (Å²) in [7, 11) is -2.51. The van der Waals surface area contributed by atoms with Crippen molar-refractivity contribution in [2.24, 2.45) is 0 Å². The van der Waals surface area contributed by atoms with Crippen molar-refractivity contribution < 1.29 is 13.2 Å². The van der Waals surface area contributed by atoms with Crippen LogP contribution in [0.2, 0.25) is 5.02 Å². The number of hydrogen-bond acceptors (Lipinski definition) is 4. The van der Waals surface area contributed by atoms with E-state index < -0.39 is 10.0 Å². The lowest BCUT2D eigenvalue weighted by molar-refractivity contribution is 0.400. The van der Waals surface area contributed by atoms with Crippen LogP contribution in [0.4, 0.5) is 5.82 Å². The largest absolute Gasteiger partial charge is 0.494 e. The first-order valence-electron chi connectivity index (χ1n) is 5.51. The summed E-state index contributed by atoms with van der Waals surface area (Å²) < 4.78 is 33.6. The highest BCUT2D eigenvalue weighted by Gasteiger charge is 2.23. The molecule has 0 bridgehead atoms. The van der Waals surface area contributed by atoms with Crippen molar-refractivity contribution >= 4 is 59.3 Å². The van der Waals surface area contributed by atoms with Crippen LogP contribution in [0.15, 0.2) is 44.3 Å². The van der Waals surface area contributed by atoms with Crippen LogP contribution in [0.1, 0.15) is 0 Å². The zero-order chi connectivity index (χ0) is 15.6. The van der Waals surface area contributed by atoms with Gasteiger partial charge < -0.3 is 4.74 Å². The molecule has 0 atom stereocenters. The van der Waals surface area contributed by atoms with Crippen molar-refractivity contribution in [1.29, 1.82) is 0 Å². The third-order valence-corrected chi connectivity index (χ3v) is 5.09. The lowest BCUT2D eigenvalue weighted by Crippen LogP contribution is -2.15. The smallest absolute Gasteiger partial charge is 0.266 e. The van der Waals surface area contributed by atoms with Crippen molar-refractivity contribution in [3.8, 4) is 5.75 Å². The SMILES string of the molecule is COc1c(Br)cc(Cl)cc1S(=O)(=O)Nc1cc(Br)ccn1. The molecule has 0 radical (unpaired) electrons. The Balaban J connectivity index is 2.49. The number of benzene rings is 1. The minimum Gasteiger partial charge on any atom is -0.494 e. The highest BCUT2D eigenvalue weighted by Crippen LogP contribution is 2.36. The van der Waals surface area contributed by atoms with E-state index >= 15 is 0 Å². The Morgan fingerprint density at radius 3 is 2.62 bits per heavy atom. The lowest BCUT2D eigenvalue weighted by atomic mass is 10.3. The van der Waals surface area contributed by atoms with Gasteiger partial charge in [-0.2, -0.15) is 0 Å². The number of aromatic nitrogens is 1. The quantitative estimate of drug-likeness (QED) is 0.753. The summed E-state index contributed by atoms with van der Waals surface area (Å²) in [6.07, 6.45) is 1.48. The van der Waals surface area contributed by atoms with Gasteiger partial charge in [-0.15, -0.1) is 0 Å². The Kier molecular flexibility index (Phi) is 5.13. The van der Waals surface area contributed by atoms with Gasteiger partial charge in [0, 0.05) is 15.7 Å². The molecule has 0 amide bonds. The number of sulfonamides is 1. The van der Waals surface area contributed by atoms with Gasteiger partial charge >= 0.3 is 0 Å². The molecule has 0 spiro atoms. The van der Waals surface area contributed by atoms with Crippen molar-refractivity contribution in [2.75, 3.05) is 11.8 Å². The molecule has 0 unspecified atom stereocenters. The van der Waals surface area contributed by atoms with Crippen LogP contribution in [-0.4, -0.2) is 20.5 Å². The molecular formula is C12H9Br2ClN2O3S. The number of halogens is 3. The third-order valence-electron chi connectivity index (χ3n) is 2.43. The fourth-order valence-corrected chi connectivity index (χ4v) is 4.31. The summed E-state index contributed by atoms with van der Waals surface area (Å²) in [5.74, 6) is 0.351. The predicted octanol–water partition coefficient (Wildman–Crippen LogP) is 4.07. The normalized spacial score (nSPS) is 11.2. The van der Waals surface area contributed by atoms with Gasteiger partial charge in [0.1, 0.15) is 10.7 Å². The Morgan fingerprint density at radius 1 is 1.29 bits per heavy atom. The molecule has 1 aromatic carbocycles. The van der Waals surface area contributed by atoms with Gasteiger partial charge in [-0.25, -0.2) is 13.4 Å². The van der Waals surface area contributed by atoms with Gasteiger partial charge in [0.15, 0.2) is 5.75 Å². The van der Waals surface area contributed by atoms with Crippen LogP contribution in [0.25, 0.3) is 0 Å². The van der Waals surface area contributed by atoms with Crippen LogP contribution < -0.4 is 9.46 Å². The highest BCUT2D eigenvalue weighted by molar-refractivity contribution is 9.10. The summed E-state index contributed by atoms with van der Waals surface area (Å²) in [6.45, 7) is 0. The first-order chi connectivity index (χ1) is 9.83. The maximum absolute atomic E-state index is 12.5. The third kappa shape index (κ3) is 3.88. The molecular weight excluding hydrogens is 447 g/mol. The topological polar surface area (TPSA) is 68.3 Å². The first kappa shape index (κ1) is 16.5. The van der Waals surface area contributed by atoms with Gasteiger partial charge in [0.2, 0.25) is 0 Å². The summed E-state index contributed by atoms with van der Waals surface area (Å²) in [6, 6.07) is 6.10. The van der Waals surface area contributed by atoms with E-state index in [1.807, 2.05) is 0 Å². The molecule has 0 aliphatic rings. The summed E-state index contributed by atoms with van der Waals surface area (Å²) in [5.41, 5.74) is 0. The molecule has 21 heavy (non-hydrogen) atoms. The molecule has 0 aliphatic heterocycles. The summed E-state index contributed by atoms with van der Waals surface area (Å²) >= 11 is 12.4. The Bertz CT molecular complexity index is 784. The maximum atomic E-state index is 12.5. The van der Waals surface area contributed by atoms with E-state index in [9.17, 15) is 8.42 Å². The number of hydrogen-bond donors (Lipinski definition) is 1. The fourth-order valence-electron chi connectivity index (χ4n) is 1.59. The van der Waals surface area contributed by atoms with Gasteiger partial charge in [-0.05, 0) is 40.2 Å². The van der Waals surface area contributed by atoms with Gasteiger partial charge in [0.25, 0.3) is 10.0 Å². The van der Waals surface area contributed by atoms with Gasteiger partial charge in [0.05, 0.1) is 11.6 Å². The predicted molar refractivity (Wildman–Crippen MR) is 88.4 cm³/mol. The molecule has 2 aromatic rings. The molecule has 0 aliphatic carbocycles. The average Bonchev–Trinajstić information content (AvgIpc) is 2.37. The number of rotatable bonds is 4. The minimum atomic E-state index is -3.89. The molecule has 9 heteroatoms. The number of methoxy groups -OCH3 is 1. The molecule has 0 saturated heterocycles. The van der Waals surface area contributed by atoms with Crippen molar-refractivity contribution in [3.63, 3.8) is 0 Å². The monoisotopic (exact) mass is 454 g/mol. The second-order valence-electron chi connectivity index (χ2n) is 3.88. The second-order valence-corrected chi connectivity index (χ2v) is 7.74. The zero-order valence-electron chi connectivity index (χ0n) is 10.6. The summed E-state index contributed by atoms with van der Waals surface area (Å²) in [5, 5.41) is 0.269. The maximum Gasteiger partial charge on any atom is 0.266 e. The van der Waals surface area contributed by atoms with E-state index in [-0.39, 0.29) is 21.5 Å². The van der Waals surface area contributed by atoms with E-state index in [0.29, 0.717) is 8.95 Å². The van der Waals surface area contributed by atoms with Gasteiger partial charge in [-0.3, -0.25) is 4.72 Å². The number of nitrogens with zero attached hydrogens (tertiary/aromatic N) is 1. The Hall–Kier alpha value is -0.830. The van der Waals surface area contributed by atoms with E-state index in [4.69, 9.17) is 16.3 Å². The molecule has 0 fully saturated rings.